The predicted octanol–water partition coefficient (Wildman–Crippen LogP) is 1.26. The molecule has 7 nitrogen and oxygen atoms in total. The number of carbonyl (C=O) groups excluding carboxylic acids is 1. The second kappa shape index (κ2) is 3.73. The molecule has 0 spiro atoms. The first-order valence-electron chi connectivity index (χ1n) is 3.98. The molecule has 1 aliphatic heterocycles. The van der Waals surface area contributed by atoms with Gasteiger partial charge in [0, 0.05) is 0 Å². The van der Waals surface area contributed by atoms with Gasteiger partial charge in [0.1, 0.15) is 5.01 Å². The third kappa shape index (κ3) is 1.99. The van der Waals surface area contributed by atoms with Crippen molar-refractivity contribution in [2.75, 3.05) is 6.61 Å². The van der Waals surface area contributed by atoms with Crippen LogP contribution in [0.4, 0.5) is 5.13 Å². The fourth-order valence-corrected chi connectivity index (χ4v) is 1.42. The van der Waals surface area contributed by atoms with Gasteiger partial charge < -0.3 is 9.84 Å². The van der Waals surface area contributed by atoms with Crippen LogP contribution in [0.5, 0.6) is 0 Å². The Labute approximate surface area is 88.1 Å². The topological polar surface area (TPSA) is 97.0 Å². The van der Waals surface area contributed by atoms with Crippen molar-refractivity contribution in [2.45, 2.75) is 6.92 Å². The van der Waals surface area contributed by atoms with Crippen LogP contribution in [0.3, 0.4) is 0 Å². The molecule has 0 saturated heterocycles. The van der Waals surface area contributed by atoms with Crippen molar-refractivity contribution in [1.29, 1.82) is 0 Å². The van der Waals surface area contributed by atoms with Crippen LogP contribution in [0.15, 0.2) is 21.7 Å². The van der Waals surface area contributed by atoms with Crippen LogP contribution in [0.2, 0.25) is 0 Å². The number of azo groups is 1. The van der Waals surface area contributed by atoms with Crippen molar-refractivity contribution in [3.05, 3.63) is 16.5 Å². The molecule has 0 saturated carbocycles. The van der Waals surface area contributed by atoms with Gasteiger partial charge >= 0.3 is 5.97 Å². The van der Waals surface area contributed by atoms with Crippen LogP contribution in [-0.2, 0) is 9.53 Å². The smallest absolute Gasteiger partial charge is 0.362 e. The minimum atomic E-state index is -0.683. The van der Waals surface area contributed by atoms with E-state index in [0.29, 0.717) is 5.13 Å². The molecule has 78 valence electrons. The fourth-order valence-electron chi connectivity index (χ4n) is 0.906. The number of hydrogen-bond acceptors (Lipinski definition) is 8. The molecule has 2 rings (SSSR count). The van der Waals surface area contributed by atoms with E-state index in [0.717, 1.165) is 5.01 Å². The number of carbonyl (C=O) groups is 1. The first kappa shape index (κ1) is 9.71. The van der Waals surface area contributed by atoms with Gasteiger partial charge in [0.25, 0.3) is 5.13 Å². The summed E-state index contributed by atoms with van der Waals surface area (Å²) in [5.41, 5.74) is -0.178. The summed E-state index contributed by atoms with van der Waals surface area (Å²) in [6.07, 6.45) is 0. The first-order chi connectivity index (χ1) is 7.16. The van der Waals surface area contributed by atoms with E-state index in [1.165, 1.54) is 11.3 Å². The highest BCUT2D eigenvalue weighted by molar-refractivity contribution is 7.14. The van der Waals surface area contributed by atoms with Crippen LogP contribution in [0.25, 0.3) is 0 Å². The van der Waals surface area contributed by atoms with Gasteiger partial charge in [0.2, 0.25) is 5.70 Å². The van der Waals surface area contributed by atoms with Gasteiger partial charge in [0.15, 0.2) is 12.4 Å². The number of esters is 1. The van der Waals surface area contributed by atoms with E-state index in [1.807, 2.05) is 0 Å². The second-order valence-corrected chi connectivity index (χ2v) is 3.84. The molecule has 0 unspecified atom stereocenters. The predicted molar refractivity (Wildman–Crippen MR) is 49.8 cm³/mol. The van der Waals surface area contributed by atoms with E-state index >= 15 is 0 Å². The molecule has 0 bridgehead atoms. The monoisotopic (exact) mass is 226 g/mol. The van der Waals surface area contributed by atoms with Gasteiger partial charge in [-0.2, -0.15) is 0 Å². The number of aliphatic hydroxyl groups excluding tert-OH is 1. The lowest BCUT2D eigenvalue weighted by Gasteiger charge is -1.86. The minimum Gasteiger partial charge on any atom is -0.506 e. The molecule has 1 aromatic heterocycles. The highest BCUT2D eigenvalue weighted by Crippen LogP contribution is 2.21. The van der Waals surface area contributed by atoms with E-state index in [4.69, 9.17) is 0 Å². The van der Waals surface area contributed by atoms with E-state index in [-0.39, 0.29) is 18.1 Å². The number of aliphatic hydroxyl groups is 1. The van der Waals surface area contributed by atoms with Crippen LogP contribution < -0.4 is 0 Å². The molecule has 0 aliphatic carbocycles. The molecular weight excluding hydrogens is 220 g/mol. The van der Waals surface area contributed by atoms with E-state index in [9.17, 15) is 9.90 Å². The van der Waals surface area contributed by atoms with Gasteiger partial charge in [-0.3, -0.25) is 0 Å². The van der Waals surface area contributed by atoms with Gasteiger partial charge in [-0.25, -0.2) is 4.79 Å². The maximum Gasteiger partial charge on any atom is 0.362 e. The summed E-state index contributed by atoms with van der Waals surface area (Å²) >= 11 is 1.23. The van der Waals surface area contributed by atoms with Gasteiger partial charge in [0.05, 0.1) is 0 Å². The number of hydrogen-bond donors (Lipinski definition) is 1. The largest absolute Gasteiger partial charge is 0.506 e. The number of aromatic nitrogens is 2. The maximum atomic E-state index is 11.0. The number of nitrogens with zero attached hydrogens (tertiary/aromatic N) is 4. The zero-order chi connectivity index (χ0) is 10.8. The molecule has 0 aromatic carbocycles. The van der Waals surface area contributed by atoms with Gasteiger partial charge in [-0.15, -0.1) is 20.4 Å². The summed E-state index contributed by atoms with van der Waals surface area (Å²) in [4.78, 5) is 11.0. The molecule has 1 N–H and O–H groups in total. The van der Waals surface area contributed by atoms with Crippen molar-refractivity contribution in [3.63, 3.8) is 0 Å². The molecular formula is C7H6N4O3S. The average Bonchev–Trinajstić information content (AvgIpc) is 2.73. The lowest BCUT2D eigenvalue weighted by molar-refractivity contribution is -0.136. The van der Waals surface area contributed by atoms with Gasteiger partial charge in [-0.1, -0.05) is 11.3 Å². The summed E-state index contributed by atoms with van der Waals surface area (Å²) < 4.78 is 4.52. The van der Waals surface area contributed by atoms with E-state index in [1.54, 1.807) is 6.92 Å². The molecule has 15 heavy (non-hydrogen) atoms. The number of aryl methyl sites for hydroxylation is 1. The van der Waals surface area contributed by atoms with Crippen LogP contribution >= 0.6 is 11.3 Å². The van der Waals surface area contributed by atoms with E-state index < -0.39 is 5.97 Å². The summed E-state index contributed by atoms with van der Waals surface area (Å²) in [5.74, 6) is -0.900. The Bertz CT molecular complexity index is 465. The highest BCUT2D eigenvalue weighted by Gasteiger charge is 2.24. The van der Waals surface area contributed by atoms with Crippen LogP contribution in [0.1, 0.15) is 5.01 Å². The normalized spacial score (nSPS) is 16.5. The third-order valence-electron chi connectivity index (χ3n) is 1.56. The molecule has 0 atom stereocenters. The van der Waals surface area contributed by atoms with Gasteiger partial charge in [-0.05, 0) is 6.92 Å². The number of rotatable bonds is 2. The first-order valence-corrected chi connectivity index (χ1v) is 4.79. The molecule has 0 radical (unpaired) electrons. The van der Waals surface area contributed by atoms with E-state index in [2.05, 4.69) is 25.2 Å². The summed E-state index contributed by atoms with van der Waals surface area (Å²) in [6.45, 7) is 1.62. The Hall–Kier alpha value is -1.83. The molecule has 0 fully saturated rings. The lowest BCUT2D eigenvalue weighted by atomic mass is 10.4. The molecule has 1 aliphatic rings. The quantitative estimate of drug-likeness (QED) is 0.604. The molecule has 8 heteroatoms. The van der Waals surface area contributed by atoms with Crippen molar-refractivity contribution >= 4 is 22.4 Å². The van der Waals surface area contributed by atoms with Crippen LogP contribution in [-0.4, -0.2) is 27.9 Å². The summed E-state index contributed by atoms with van der Waals surface area (Å²) in [7, 11) is 0. The Morgan fingerprint density at radius 1 is 1.47 bits per heavy atom. The maximum absolute atomic E-state index is 11.0. The zero-order valence-electron chi connectivity index (χ0n) is 7.67. The number of ether oxygens (including phenoxy) is 1. The lowest BCUT2D eigenvalue weighted by Crippen LogP contribution is -1.96. The Kier molecular flexibility index (Phi) is 2.42. The van der Waals surface area contributed by atoms with Crippen molar-refractivity contribution in [3.8, 4) is 0 Å². The fraction of sp³-hybridized carbons (Fsp3) is 0.286. The Morgan fingerprint density at radius 3 is 2.80 bits per heavy atom. The minimum absolute atomic E-state index is 0.150. The zero-order valence-corrected chi connectivity index (χ0v) is 8.48. The Balaban J connectivity index is 2.18. The highest BCUT2D eigenvalue weighted by atomic mass is 32.1. The molecule has 1 aromatic rings. The molecule has 2 heterocycles. The summed E-state index contributed by atoms with van der Waals surface area (Å²) in [6, 6.07) is 0. The second-order valence-electron chi connectivity index (χ2n) is 2.68. The Morgan fingerprint density at radius 2 is 2.27 bits per heavy atom. The van der Waals surface area contributed by atoms with Crippen molar-refractivity contribution in [2.24, 2.45) is 10.2 Å². The van der Waals surface area contributed by atoms with Crippen molar-refractivity contribution in [1.82, 2.24) is 10.2 Å². The average molecular weight is 226 g/mol. The standard InChI is InChI=1S/C7H6N4O3S/c1-3-8-10-7(15-3)11-9-5-4(12)2-14-6(5)13/h12H,2H2,1H3. The molecule has 0 amide bonds. The van der Waals surface area contributed by atoms with Crippen molar-refractivity contribution < 1.29 is 14.6 Å². The third-order valence-corrected chi connectivity index (χ3v) is 2.28. The number of cyclic esters (lactones) is 1. The summed E-state index contributed by atoms with van der Waals surface area (Å²) in [5, 5.41) is 24.9. The van der Waals surface area contributed by atoms with Crippen LogP contribution in [0, 0.1) is 6.92 Å². The SMILES string of the molecule is Cc1nnc(N=NC2=C(O)COC2=O)s1.